The normalized spacial score (nSPS) is 11.0. The molecular formula is C27H26Cl2N2O5. The van der Waals surface area contributed by atoms with E-state index in [4.69, 9.17) is 37.4 Å². The van der Waals surface area contributed by atoms with Crippen LogP contribution in [0.3, 0.4) is 0 Å². The van der Waals surface area contributed by atoms with Gasteiger partial charge in [0.1, 0.15) is 5.75 Å². The maximum atomic E-state index is 12.5. The third-order valence-corrected chi connectivity index (χ3v) is 5.84. The fourth-order valence-electron chi connectivity index (χ4n) is 3.23. The van der Waals surface area contributed by atoms with Crippen molar-refractivity contribution in [1.29, 1.82) is 0 Å². The van der Waals surface area contributed by atoms with E-state index in [1.54, 1.807) is 18.2 Å². The van der Waals surface area contributed by atoms with Crippen LogP contribution in [0.15, 0.2) is 59.7 Å². The summed E-state index contributed by atoms with van der Waals surface area (Å²) in [5.74, 6) is 0.448. The van der Waals surface area contributed by atoms with Crippen molar-refractivity contribution in [3.05, 3.63) is 86.9 Å². The number of hydrogen-bond donors (Lipinski definition) is 1. The van der Waals surface area contributed by atoms with E-state index in [-0.39, 0.29) is 28.9 Å². The van der Waals surface area contributed by atoms with Crippen LogP contribution in [0.5, 0.6) is 17.2 Å². The fourth-order valence-corrected chi connectivity index (χ4v) is 3.53. The van der Waals surface area contributed by atoms with Crippen LogP contribution in [0.2, 0.25) is 10.0 Å². The van der Waals surface area contributed by atoms with Crippen molar-refractivity contribution in [2.45, 2.75) is 26.7 Å². The number of esters is 1. The molecule has 3 aromatic carbocycles. The zero-order valence-corrected chi connectivity index (χ0v) is 21.8. The summed E-state index contributed by atoms with van der Waals surface area (Å²) in [4.78, 5) is 24.7. The fraction of sp³-hybridized carbons (Fsp3) is 0.222. The van der Waals surface area contributed by atoms with Crippen LogP contribution >= 0.6 is 23.2 Å². The van der Waals surface area contributed by atoms with Crippen molar-refractivity contribution in [3.8, 4) is 17.2 Å². The summed E-state index contributed by atoms with van der Waals surface area (Å²) in [6.07, 6.45) is 1.44. The van der Waals surface area contributed by atoms with E-state index in [0.29, 0.717) is 22.1 Å². The van der Waals surface area contributed by atoms with E-state index in [2.05, 4.69) is 24.4 Å². The second-order valence-electron chi connectivity index (χ2n) is 8.21. The van der Waals surface area contributed by atoms with Crippen molar-refractivity contribution in [1.82, 2.24) is 5.43 Å². The topological polar surface area (TPSA) is 86.2 Å². The quantitative estimate of drug-likeness (QED) is 0.155. The Morgan fingerprint density at radius 1 is 0.972 bits per heavy atom. The van der Waals surface area contributed by atoms with Crippen LogP contribution in [0, 0.1) is 6.92 Å². The zero-order valence-electron chi connectivity index (χ0n) is 20.3. The van der Waals surface area contributed by atoms with Crippen molar-refractivity contribution in [3.63, 3.8) is 0 Å². The molecule has 188 valence electrons. The zero-order chi connectivity index (χ0) is 26.2. The Labute approximate surface area is 220 Å². The van der Waals surface area contributed by atoms with Gasteiger partial charge in [-0.15, -0.1) is 0 Å². The van der Waals surface area contributed by atoms with Crippen molar-refractivity contribution in [2.24, 2.45) is 5.10 Å². The maximum absolute atomic E-state index is 12.5. The van der Waals surface area contributed by atoms with Gasteiger partial charge < -0.3 is 14.2 Å². The van der Waals surface area contributed by atoms with E-state index in [1.807, 2.05) is 25.1 Å². The van der Waals surface area contributed by atoms with Gasteiger partial charge in [0.2, 0.25) is 0 Å². The number of nitrogens with one attached hydrogen (secondary N) is 1. The molecule has 0 heterocycles. The minimum atomic E-state index is -0.616. The van der Waals surface area contributed by atoms with Gasteiger partial charge in [0.25, 0.3) is 5.91 Å². The number of nitrogens with zero attached hydrogens (tertiary/aromatic N) is 1. The molecule has 0 bridgehead atoms. The molecule has 1 amide bonds. The van der Waals surface area contributed by atoms with Gasteiger partial charge in [-0.25, -0.2) is 10.2 Å². The van der Waals surface area contributed by atoms with Gasteiger partial charge in [-0.3, -0.25) is 4.79 Å². The minimum absolute atomic E-state index is 0.173. The third-order valence-electron chi connectivity index (χ3n) is 5.10. The Kier molecular flexibility index (Phi) is 9.33. The first kappa shape index (κ1) is 27.0. The molecule has 0 saturated carbocycles. The Bertz CT molecular complexity index is 1290. The molecule has 0 radical (unpaired) electrons. The summed E-state index contributed by atoms with van der Waals surface area (Å²) in [5, 5.41) is 4.55. The molecule has 0 atom stereocenters. The first-order valence-corrected chi connectivity index (χ1v) is 11.8. The van der Waals surface area contributed by atoms with Crippen molar-refractivity contribution >= 4 is 41.3 Å². The standard InChI is InChI=1S/C27H26Cl2N2O5/c1-16(2)20-8-5-17(3)11-24(20)35-15-26(32)31-30-14-18-6-10-23(25(12-18)34-4)36-27(33)19-7-9-21(28)22(29)13-19/h5-14,16H,15H2,1-4H3,(H,31,32). The van der Waals surface area contributed by atoms with Crippen LogP contribution in [0.4, 0.5) is 0 Å². The van der Waals surface area contributed by atoms with Crippen LogP contribution in [-0.4, -0.2) is 31.8 Å². The number of ether oxygens (including phenoxy) is 3. The van der Waals surface area contributed by atoms with Gasteiger partial charge >= 0.3 is 5.97 Å². The Morgan fingerprint density at radius 2 is 1.75 bits per heavy atom. The Hall–Kier alpha value is -3.55. The molecule has 0 aliphatic heterocycles. The second kappa shape index (κ2) is 12.4. The lowest BCUT2D eigenvalue weighted by molar-refractivity contribution is -0.123. The Balaban J connectivity index is 1.59. The van der Waals surface area contributed by atoms with Crippen molar-refractivity contribution in [2.75, 3.05) is 13.7 Å². The predicted octanol–water partition coefficient (Wildman–Crippen LogP) is 6.18. The molecule has 0 aliphatic carbocycles. The molecule has 9 heteroatoms. The average Bonchev–Trinajstić information content (AvgIpc) is 2.85. The predicted molar refractivity (Wildman–Crippen MR) is 141 cm³/mol. The lowest BCUT2D eigenvalue weighted by atomic mass is 10.0. The van der Waals surface area contributed by atoms with E-state index in [9.17, 15) is 9.59 Å². The highest BCUT2D eigenvalue weighted by Crippen LogP contribution is 2.30. The second-order valence-corrected chi connectivity index (χ2v) is 9.02. The summed E-state index contributed by atoms with van der Waals surface area (Å²) >= 11 is 11.9. The van der Waals surface area contributed by atoms with E-state index in [0.717, 1.165) is 11.1 Å². The average molecular weight is 529 g/mol. The summed E-state index contributed by atoms with van der Waals surface area (Å²) in [6.45, 7) is 5.92. The largest absolute Gasteiger partial charge is 0.493 e. The number of methoxy groups -OCH3 is 1. The summed E-state index contributed by atoms with van der Waals surface area (Å²) in [6, 6.07) is 15.2. The molecule has 0 aliphatic rings. The number of amides is 1. The molecule has 36 heavy (non-hydrogen) atoms. The molecule has 7 nitrogen and oxygen atoms in total. The van der Waals surface area contributed by atoms with Crippen LogP contribution in [0.25, 0.3) is 0 Å². The molecule has 3 aromatic rings. The number of halogens is 2. The number of hydrogen-bond acceptors (Lipinski definition) is 6. The number of rotatable bonds is 9. The molecule has 0 unspecified atom stereocenters. The molecule has 1 N–H and O–H groups in total. The van der Waals surface area contributed by atoms with Crippen LogP contribution in [0.1, 0.15) is 46.8 Å². The molecule has 0 fully saturated rings. The number of aryl methyl sites for hydroxylation is 1. The summed E-state index contributed by atoms with van der Waals surface area (Å²) in [7, 11) is 1.45. The van der Waals surface area contributed by atoms with Gasteiger partial charge in [-0.1, -0.05) is 49.2 Å². The smallest absolute Gasteiger partial charge is 0.343 e. The first-order valence-electron chi connectivity index (χ1n) is 11.1. The molecule has 0 saturated heterocycles. The Morgan fingerprint density at radius 3 is 2.44 bits per heavy atom. The monoisotopic (exact) mass is 528 g/mol. The van der Waals surface area contributed by atoms with E-state index in [1.165, 1.54) is 31.5 Å². The van der Waals surface area contributed by atoms with E-state index >= 15 is 0 Å². The summed E-state index contributed by atoms with van der Waals surface area (Å²) < 4.78 is 16.5. The van der Waals surface area contributed by atoms with Gasteiger partial charge in [0.15, 0.2) is 18.1 Å². The molecule has 3 rings (SSSR count). The highest BCUT2D eigenvalue weighted by Gasteiger charge is 2.14. The van der Waals surface area contributed by atoms with Gasteiger partial charge in [0, 0.05) is 0 Å². The lowest BCUT2D eigenvalue weighted by Gasteiger charge is -2.14. The maximum Gasteiger partial charge on any atom is 0.343 e. The summed E-state index contributed by atoms with van der Waals surface area (Å²) in [5.41, 5.74) is 5.37. The van der Waals surface area contributed by atoms with Gasteiger partial charge in [-0.05, 0) is 72.0 Å². The molecule has 0 spiro atoms. The minimum Gasteiger partial charge on any atom is -0.493 e. The van der Waals surface area contributed by atoms with Crippen LogP contribution < -0.4 is 19.6 Å². The molecular weight excluding hydrogens is 503 g/mol. The number of carbonyl (C=O) groups excluding carboxylic acids is 2. The number of carbonyl (C=O) groups is 2. The van der Waals surface area contributed by atoms with Gasteiger partial charge in [-0.2, -0.15) is 5.10 Å². The van der Waals surface area contributed by atoms with Crippen LogP contribution in [-0.2, 0) is 4.79 Å². The molecule has 0 aromatic heterocycles. The highest BCUT2D eigenvalue weighted by molar-refractivity contribution is 6.42. The SMILES string of the molecule is COc1cc(C=NNC(=O)COc2cc(C)ccc2C(C)C)ccc1OC(=O)c1ccc(Cl)c(Cl)c1. The van der Waals surface area contributed by atoms with E-state index < -0.39 is 11.9 Å². The number of hydrazone groups is 1. The first-order chi connectivity index (χ1) is 17.2. The lowest BCUT2D eigenvalue weighted by Crippen LogP contribution is -2.25. The van der Waals surface area contributed by atoms with Gasteiger partial charge in [0.05, 0.1) is 28.9 Å². The number of benzene rings is 3. The third kappa shape index (κ3) is 7.23. The highest BCUT2D eigenvalue weighted by atomic mass is 35.5. The van der Waals surface area contributed by atoms with Crippen molar-refractivity contribution < 1.29 is 23.8 Å².